The lowest BCUT2D eigenvalue weighted by atomic mass is 9.99. The van der Waals surface area contributed by atoms with Crippen molar-refractivity contribution in [2.45, 2.75) is 25.9 Å². The Morgan fingerprint density at radius 1 is 1.21 bits per heavy atom. The Kier molecular flexibility index (Phi) is 8.58. The molecule has 2 aromatic carbocycles. The summed E-state index contributed by atoms with van der Waals surface area (Å²) in [6.07, 6.45) is 0.960. The van der Waals surface area contributed by atoms with E-state index in [0.717, 1.165) is 31.5 Å². The van der Waals surface area contributed by atoms with Gasteiger partial charge in [-0.15, -0.1) is 0 Å². The van der Waals surface area contributed by atoms with Crippen LogP contribution in [0.5, 0.6) is 5.75 Å². The molecule has 8 heteroatoms. The van der Waals surface area contributed by atoms with Gasteiger partial charge in [0.15, 0.2) is 0 Å². The van der Waals surface area contributed by atoms with Crippen LogP contribution in [0, 0.1) is 11.3 Å². The second-order valence-corrected chi connectivity index (χ2v) is 7.86. The third-order valence-corrected chi connectivity index (χ3v) is 5.61. The summed E-state index contributed by atoms with van der Waals surface area (Å²) in [6.45, 7) is 8.23. The fourth-order valence-corrected chi connectivity index (χ4v) is 3.87. The lowest BCUT2D eigenvalue weighted by Crippen LogP contribution is -2.35. The number of nitriles is 1. The van der Waals surface area contributed by atoms with E-state index in [9.17, 15) is 10.4 Å². The van der Waals surface area contributed by atoms with Crippen LogP contribution >= 0.6 is 0 Å². The van der Waals surface area contributed by atoms with E-state index in [1.807, 2.05) is 13.0 Å². The second kappa shape index (κ2) is 11.6. The number of β-amino-alcohol motifs (C(OH)–C–C–N with tert-alkyl or cyclic N) is 1. The number of rotatable bonds is 8. The van der Waals surface area contributed by atoms with Crippen molar-refractivity contribution in [3.05, 3.63) is 70.8 Å². The number of hydrogen-bond donors (Lipinski definition) is 3. The third-order valence-electron chi connectivity index (χ3n) is 5.61. The minimum Gasteiger partial charge on any atom is -0.492 e. The van der Waals surface area contributed by atoms with Crippen LogP contribution in [0.1, 0.15) is 34.7 Å². The first-order valence-electron chi connectivity index (χ1n) is 10.9. The van der Waals surface area contributed by atoms with Crippen molar-refractivity contribution < 1.29 is 19.8 Å². The molecular weight excluding hydrogens is 420 g/mol. The molecule has 1 aliphatic heterocycles. The molecule has 0 aliphatic carbocycles. The molecule has 33 heavy (non-hydrogen) atoms. The molecule has 0 radical (unpaired) electrons. The molecule has 2 aromatic rings. The van der Waals surface area contributed by atoms with Crippen LogP contribution in [0.4, 0.5) is 0 Å². The van der Waals surface area contributed by atoms with Crippen LogP contribution in [0.15, 0.2) is 48.0 Å². The average molecular weight is 451 g/mol. The molecule has 0 bridgehead atoms. The molecule has 4 N–H and O–H groups in total. The Labute approximate surface area is 194 Å². The smallest absolute Gasteiger partial charge is 0.245 e. The summed E-state index contributed by atoms with van der Waals surface area (Å²) >= 11 is 0. The highest BCUT2D eigenvalue weighted by molar-refractivity contribution is 5.97. The van der Waals surface area contributed by atoms with E-state index in [4.69, 9.17) is 20.6 Å². The Bertz CT molecular complexity index is 1060. The molecule has 0 amide bonds. The van der Waals surface area contributed by atoms with Crippen LogP contribution < -0.4 is 10.6 Å². The number of fused-ring (bicyclic) bond motifs is 1. The lowest BCUT2D eigenvalue weighted by Gasteiger charge is -2.21. The summed E-state index contributed by atoms with van der Waals surface area (Å²) in [5.41, 5.74) is 4.70. The Hall–Kier alpha value is -3.22. The molecule has 174 valence electrons. The number of nitrogens with zero attached hydrogens (tertiary/aromatic N) is 3. The van der Waals surface area contributed by atoms with Gasteiger partial charge in [0, 0.05) is 25.2 Å². The van der Waals surface area contributed by atoms with Crippen molar-refractivity contribution in [1.29, 1.82) is 5.26 Å². The quantitative estimate of drug-likeness (QED) is 0.319. The maximum absolute atomic E-state index is 9.75. The van der Waals surface area contributed by atoms with Gasteiger partial charge in [-0.3, -0.25) is 0 Å². The summed E-state index contributed by atoms with van der Waals surface area (Å²) in [4.78, 5) is 11.6. The van der Waals surface area contributed by atoms with Gasteiger partial charge in [-0.1, -0.05) is 18.7 Å². The summed E-state index contributed by atoms with van der Waals surface area (Å²) in [6, 6.07) is 13.3. The highest BCUT2D eigenvalue weighted by atomic mass is 16.6. The molecule has 0 spiro atoms. The van der Waals surface area contributed by atoms with Crippen molar-refractivity contribution in [3.63, 3.8) is 0 Å². The maximum atomic E-state index is 9.75. The fourth-order valence-electron chi connectivity index (χ4n) is 3.87. The molecule has 8 nitrogen and oxygen atoms in total. The van der Waals surface area contributed by atoms with E-state index >= 15 is 0 Å². The summed E-state index contributed by atoms with van der Waals surface area (Å²) in [7, 11) is 0. The molecule has 1 atom stereocenters. The molecule has 1 aliphatic rings. The SMILES string of the molecule is C=C(/N=C(\ON)c1ccc(OCC)c(C#N)c1)c1ccc2c(c1)CCN(CC(O)CO)CC2. The van der Waals surface area contributed by atoms with Crippen molar-refractivity contribution in [1.82, 2.24) is 4.90 Å². The zero-order valence-corrected chi connectivity index (χ0v) is 18.8. The van der Waals surface area contributed by atoms with Crippen LogP contribution in [0.3, 0.4) is 0 Å². The molecule has 1 heterocycles. The van der Waals surface area contributed by atoms with Crippen molar-refractivity contribution in [3.8, 4) is 11.8 Å². The van der Waals surface area contributed by atoms with Crippen molar-refractivity contribution in [2.75, 3.05) is 32.8 Å². The molecule has 0 fully saturated rings. The molecule has 0 aromatic heterocycles. The first-order valence-corrected chi connectivity index (χ1v) is 10.9. The Morgan fingerprint density at radius 2 is 1.94 bits per heavy atom. The van der Waals surface area contributed by atoms with Crippen LogP contribution in [0.2, 0.25) is 0 Å². The van der Waals surface area contributed by atoms with E-state index in [0.29, 0.717) is 35.7 Å². The van der Waals surface area contributed by atoms with Crippen LogP contribution in [-0.4, -0.2) is 60.0 Å². The van der Waals surface area contributed by atoms with Gasteiger partial charge in [-0.25, -0.2) is 4.99 Å². The largest absolute Gasteiger partial charge is 0.492 e. The van der Waals surface area contributed by atoms with E-state index in [2.05, 4.69) is 34.7 Å². The molecule has 0 saturated carbocycles. The zero-order valence-electron chi connectivity index (χ0n) is 18.8. The number of aliphatic hydroxyl groups is 2. The van der Waals surface area contributed by atoms with Gasteiger partial charge in [0.2, 0.25) is 5.90 Å². The van der Waals surface area contributed by atoms with Gasteiger partial charge in [0.1, 0.15) is 11.8 Å². The van der Waals surface area contributed by atoms with E-state index < -0.39 is 6.10 Å². The first kappa shape index (κ1) is 24.4. The fraction of sp³-hybridized carbons (Fsp3) is 0.360. The van der Waals surface area contributed by atoms with E-state index in [1.54, 1.807) is 18.2 Å². The molecular formula is C25H30N4O4. The van der Waals surface area contributed by atoms with Gasteiger partial charge < -0.3 is 24.7 Å². The highest BCUT2D eigenvalue weighted by Crippen LogP contribution is 2.24. The minimum atomic E-state index is -0.727. The predicted molar refractivity (Wildman–Crippen MR) is 127 cm³/mol. The standard InChI is InChI=1S/C25H30N4O4/c1-3-32-24-7-6-21(13-22(24)14-26)25(33-27)28-17(2)19-5-4-18-8-10-29(15-23(31)16-30)11-9-20(18)12-19/h4-7,12-13,23,30-31H,2-3,8-11,15-16,27H2,1H3/b28-25-. The van der Waals surface area contributed by atoms with Gasteiger partial charge in [-0.05, 0) is 60.7 Å². The van der Waals surface area contributed by atoms with E-state index in [-0.39, 0.29) is 12.5 Å². The van der Waals surface area contributed by atoms with Crippen LogP contribution in [-0.2, 0) is 17.7 Å². The summed E-state index contributed by atoms with van der Waals surface area (Å²) in [5.74, 6) is 6.13. The number of aliphatic imine (C=N–C) groups is 1. The third kappa shape index (κ3) is 6.18. The second-order valence-electron chi connectivity index (χ2n) is 7.86. The van der Waals surface area contributed by atoms with Gasteiger partial charge in [-0.2, -0.15) is 11.2 Å². The number of hydrogen-bond acceptors (Lipinski definition) is 8. The average Bonchev–Trinajstić information content (AvgIpc) is 3.04. The zero-order chi connectivity index (χ0) is 23.8. The van der Waals surface area contributed by atoms with E-state index in [1.165, 1.54) is 11.1 Å². The monoisotopic (exact) mass is 450 g/mol. The first-order chi connectivity index (χ1) is 16.0. The number of aliphatic hydroxyl groups excluding tert-OH is 2. The maximum Gasteiger partial charge on any atom is 0.245 e. The van der Waals surface area contributed by atoms with Crippen molar-refractivity contribution >= 4 is 11.6 Å². The summed E-state index contributed by atoms with van der Waals surface area (Å²) in [5, 5.41) is 28.3. The topological polar surface area (TPSA) is 124 Å². The minimum absolute atomic E-state index is 0.152. The van der Waals surface area contributed by atoms with Gasteiger partial charge >= 0.3 is 0 Å². The van der Waals surface area contributed by atoms with Gasteiger partial charge in [0.05, 0.1) is 30.6 Å². The summed E-state index contributed by atoms with van der Waals surface area (Å²) < 4.78 is 5.46. The molecule has 0 saturated heterocycles. The Morgan fingerprint density at radius 3 is 2.61 bits per heavy atom. The lowest BCUT2D eigenvalue weighted by molar-refractivity contribution is 0.0605. The van der Waals surface area contributed by atoms with Gasteiger partial charge in [0.25, 0.3) is 0 Å². The van der Waals surface area contributed by atoms with Crippen molar-refractivity contribution in [2.24, 2.45) is 10.9 Å². The normalized spacial score (nSPS) is 15.2. The number of ether oxygens (including phenoxy) is 1. The number of benzene rings is 2. The Balaban J connectivity index is 1.79. The highest BCUT2D eigenvalue weighted by Gasteiger charge is 2.17. The van der Waals surface area contributed by atoms with Crippen LogP contribution in [0.25, 0.3) is 5.70 Å². The molecule has 3 rings (SSSR count). The number of nitrogens with two attached hydrogens (primary N) is 1. The molecule has 1 unspecified atom stereocenters. The predicted octanol–water partition coefficient (Wildman–Crippen LogP) is 2.02.